The molecule has 0 fully saturated rings. The number of hydrogen-bond donors (Lipinski definition) is 2. The molecule has 1 aromatic heterocycles. The molecule has 2 aromatic carbocycles. The molecule has 0 aliphatic heterocycles. The third kappa shape index (κ3) is 2.28. The van der Waals surface area contributed by atoms with Gasteiger partial charge >= 0.3 is 0 Å². The number of nitrogen functional groups attached to an aromatic ring is 1. The van der Waals surface area contributed by atoms with Gasteiger partial charge in [0, 0.05) is 5.56 Å². The van der Waals surface area contributed by atoms with Crippen LogP contribution in [0.2, 0.25) is 0 Å². The highest BCUT2D eigenvalue weighted by atomic mass is 19.1. The summed E-state index contributed by atoms with van der Waals surface area (Å²) in [6.45, 7) is 3.58. The standard InChI is InChI=1S/C16H15FN4O/c1-9-3-6-14(22)13(7-9)21-16(18)15(19-20-21)11-4-5-12(17)10(2)8-11/h3-8,22H,18H2,1-2H3. The number of phenolic OH excluding ortho intramolecular Hbond substituents is 1. The SMILES string of the molecule is Cc1ccc(O)c(-n2nnc(-c3ccc(F)c(C)c3)c2N)c1. The van der Waals surface area contributed by atoms with Gasteiger partial charge in [0.1, 0.15) is 22.9 Å². The highest BCUT2D eigenvalue weighted by Crippen LogP contribution is 2.30. The van der Waals surface area contributed by atoms with Gasteiger partial charge in [-0.25, -0.2) is 4.39 Å². The molecule has 0 bridgehead atoms. The number of aromatic nitrogens is 3. The van der Waals surface area contributed by atoms with Crippen molar-refractivity contribution in [3.05, 3.63) is 53.3 Å². The van der Waals surface area contributed by atoms with Crippen LogP contribution in [0.25, 0.3) is 16.9 Å². The van der Waals surface area contributed by atoms with Crippen molar-refractivity contribution in [1.29, 1.82) is 0 Å². The molecule has 0 spiro atoms. The zero-order valence-electron chi connectivity index (χ0n) is 12.2. The van der Waals surface area contributed by atoms with Crippen molar-refractivity contribution in [2.45, 2.75) is 13.8 Å². The summed E-state index contributed by atoms with van der Waals surface area (Å²) in [6.07, 6.45) is 0. The van der Waals surface area contributed by atoms with E-state index in [1.54, 1.807) is 37.3 Å². The average molecular weight is 298 g/mol. The third-order valence-corrected chi connectivity index (χ3v) is 3.50. The Morgan fingerprint density at radius 3 is 2.64 bits per heavy atom. The molecule has 0 aliphatic rings. The molecule has 3 aromatic rings. The second-order valence-electron chi connectivity index (χ2n) is 5.19. The van der Waals surface area contributed by atoms with Crippen LogP contribution in [0, 0.1) is 19.7 Å². The zero-order chi connectivity index (χ0) is 15.9. The van der Waals surface area contributed by atoms with Crippen LogP contribution in [-0.4, -0.2) is 20.1 Å². The summed E-state index contributed by atoms with van der Waals surface area (Å²) >= 11 is 0. The molecule has 0 atom stereocenters. The lowest BCUT2D eigenvalue weighted by Crippen LogP contribution is -2.03. The van der Waals surface area contributed by atoms with Gasteiger partial charge in [-0.3, -0.25) is 0 Å². The highest BCUT2D eigenvalue weighted by molar-refractivity contribution is 5.72. The van der Waals surface area contributed by atoms with E-state index in [1.807, 2.05) is 6.92 Å². The van der Waals surface area contributed by atoms with Crippen LogP contribution in [0.4, 0.5) is 10.2 Å². The first-order valence-electron chi connectivity index (χ1n) is 6.75. The van der Waals surface area contributed by atoms with Gasteiger partial charge in [0.2, 0.25) is 0 Å². The molecular formula is C16H15FN4O. The molecule has 3 N–H and O–H groups in total. The largest absolute Gasteiger partial charge is 0.506 e. The number of rotatable bonds is 2. The number of aromatic hydroxyl groups is 1. The summed E-state index contributed by atoms with van der Waals surface area (Å²) in [6, 6.07) is 9.76. The Kier molecular flexibility index (Phi) is 3.29. The lowest BCUT2D eigenvalue weighted by Gasteiger charge is -2.07. The summed E-state index contributed by atoms with van der Waals surface area (Å²) in [4.78, 5) is 0. The molecule has 22 heavy (non-hydrogen) atoms. The number of aryl methyl sites for hydroxylation is 2. The predicted octanol–water partition coefficient (Wildman–Crippen LogP) is 2.98. The number of hydrogen-bond acceptors (Lipinski definition) is 4. The van der Waals surface area contributed by atoms with Crippen LogP contribution in [0.5, 0.6) is 5.75 Å². The summed E-state index contributed by atoms with van der Waals surface area (Å²) in [5.74, 6) is 0.0574. The van der Waals surface area contributed by atoms with Crippen LogP contribution >= 0.6 is 0 Å². The predicted molar refractivity (Wildman–Crippen MR) is 82.3 cm³/mol. The van der Waals surface area contributed by atoms with Crippen molar-refractivity contribution in [3.63, 3.8) is 0 Å². The summed E-state index contributed by atoms with van der Waals surface area (Å²) < 4.78 is 14.7. The van der Waals surface area contributed by atoms with Gasteiger partial charge in [0.05, 0.1) is 0 Å². The van der Waals surface area contributed by atoms with Crippen molar-refractivity contribution in [1.82, 2.24) is 15.0 Å². The fourth-order valence-corrected chi connectivity index (χ4v) is 2.27. The van der Waals surface area contributed by atoms with Crippen LogP contribution in [-0.2, 0) is 0 Å². The lowest BCUT2D eigenvalue weighted by atomic mass is 10.1. The van der Waals surface area contributed by atoms with Crippen LogP contribution in [0.3, 0.4) is 0 Å². The minimum absolute atomic E-state index is 0.0593. The third-order valence-electron chi connectivity index (χ3n) is 3.50. The van der Waals surface area contributed by atoms with Gasteiger partial charge in [-0.2, -0.15) is 4.68 Å². The van der Waals surface area contributed by atoms with Gasteiger partial charge in [0.15, 0.2) is 5.82 Å². The molecule has 1 heterocycles. The van der Waals surface area contributed by atoms with Crippen LogP contribution in [0.15, 0.2) is 36.4 Å². The van der Waals surface area contributed by atoms with Gasteiger partial charge in [-0.05, 0) is 55.3 Å². The highest BCUT2D eigenvalue weighted by Gasteiger charge is 2.16. The Hall–Kier alpha value is -2.89. The summed E-state index contributed by atoms with van der Waals surface area (Å²) in [5, 5.41) is 18.0. The molecule has 5 nitrogen and oxygen atoms in total. The Morgan fingerprint density at radius 2 is 1.91 bits per heavy atom. The number of halogens is 1. The van der Waals surface area contributed by atoms with Crippen molar-refractivity contribution < 1.29 is 9.50 Å². The number of nitrogens with two attached hydrogens (primary N) is 1. The molecular weight excluding hydrogens is 283 g/mol. The van der Waals surface area contributed by atoms with E-state index in [-0.39, 0.29) is 17.4 Å². The molecule has 0 unspecified atom stereocenters. The van der Waals surface area contributed by atoms with E-state index in [2.05, 4.69) is 10.3 Å². The maximum atomic E-state index is 13.4. The van der Waals surface area contributed by atoms with E-state index in [0.29, 0.717) is 22.5 Å². The molecule has 0 aliphatic carbocycles. The second kappa shape index (κ2) is 5.14. The first kappa shape index (κ1) is 14.1. The molecule has 112 valence electrons. The van der Waals surface area contributed by atoms with E-state index in [4.69, 9.17) is 5.73 Å². The van der Waals surface area contributed by atoms with Crippen molar-refractivity contribution in [2.75, 3.05) is 5.73 Å². The van der Waals surface area contributed by atoms with Gasteiger partial charge < -0.3 is 10.8 Å². The Labute approximate surface area is 126 Å². The fourth-order valence-electron chi connectivity index (χ4n) is 2.27. The van der Waals surface area contributed by atoms with E-state index in [1.165, 1.54) is 10.7 Å². The van der Waals surface area contributed by atoms with E-state index in [9.17, 15) is 9.50 Å². The number of nitrogens with zero attached hydrogens (tertiary/aromatic N) is 3. The monoisotopic (exact) mass is 298 g/mol. The Morgan fingerprint density at radius 1 is 1.14 bits per heavy atom. The molecule has 0 radical (unpaired) electrons. The smallest absolute Gasteiger partial charge is 0.156 e. The Balaban J connectivity index is 2.12. The van der Waals surface area contributed by atoms with Crippen molar-refractivity contribution >= 4 is 5.82 Å². The minimum atomic E-state index is -0.286. The van der Waals surface area contributed by atoms with Gasteiger partial charge in [-0.15, -0.1) is 5.10 Å². The van der Waals surface area contributed by atoms with Crippen LogP contribution in [0.1, 0.15) is 11.1 Å². The number of benzene rings is 2. The van der Waals surface area contributed by atoms with Gasteiger partial charge in [-0.1, -0.05) is 11.3 Å². The van der Waals surface area contributed by atoms with E-state index < -0.39 is 0 Å². The average Bonchev–Trinajstić information content (AvgIpc) is 2.86. The van der Waals surface area contributed by atoms with Gasteiger partial charge in [0.25, 0.3) is 0 Å². The molecule has 0 saturated heterocycles. The summed E-state index contributed by atoms with van der Waals surface area (Å²) in [7, 11) is 0. The van der Waals surface area contributed by atoms with Crippen molar-refractivity contribution in [3.8, 4) is 22.7 Å². The first-order valence-corrected chi connectivity index (χ1v) is 6.75. The van der Waals surface area contributed by atoms with Crippen molar-refractivity contribution in [2.24, 2.45) is 0 Å². The number of phenols is 1. The lowest BCUT2D eigenvalue weighted by molar-refractivity contribution is 0.470. The molecule has 3 rings (SSSR count). The zero-order valence-corrected chi connectivity index (χ0v) is 12.2. The molecule has 6 heteroatoms. The fraction of sp³-hybridized carbons (Fsp3) is 0.125. The van der Waals surface area contributed by atoms with E-state index in [0.717, 1.165) is 5.56 Å². The maximum absolute atomic E-state index is 13.4. The summed E-state index contributed by atoms with van der Waals surface area (Å²) in [5.41, 5.74) is 9.15. The molecule has 0 saturated carbocycles. The second-order valence-corrected chi connectivity index (χ2v) is 5.19. The van der Waals surface area contributed by atoms with Crippen LogP contribution < -0.4 is 5.73 Å². The normalized spacial score (nSPS) is 10.9. The Bertz CT molecular complexity index is 857. The minimum Gasteiger partial charge on any atom is -0.506 e. The number of anilines is 1. The van der Waals surface area contributed by atoms with E-state index >= 15 is 0 Å². The quantitative estimate of drug-likeness (QED) is 0.762. The maximum Gasteiger partial charge on any atom is 0.156 e. The topological polar surface area (TPSA) is 77.0 Å². The molecule has 0 amide bonds. The first-order chi connectivity index (χ1) is 10.5.